The molecule has 1 saturated carbocycles. The quantitative estimate of drug-likeness (QED) is 0.497. The number of carbonyl (C=O) groups is 2. The van der Waals surface area contributed by atoms with Gasteiger partial charge in [-0.05, 0) is 32.0 Å². The summed E-state index contributed by atoms with van der Waals surface area (Å²) >= 11 is 0. The number of hydrogen-bond donors (Lipinski definition) is 2. The van der Waals surface area contributed by atoms with Gasteiger partial charge in [0.1, 0.15) is 5.75 Å². The van der Waals surface area contributed by atoms with Gasteiger partial charge in [0.05, 0.1) is 0 Å². The highest BCUT2D eigenvalue weighted by Gasteiger charge is 2.24. The number of hydrogen-bond acceptors (Lipinski definition) is 4. The van der Waals surface area contributed by atoms with Crippen molar-refractivity contribution in [2.75, 3.05) is 7.05 Å². The van der Waals surface area contributed by atoms with E-state index in [0.717, 1.165) is 19.3 Å². The van der Waals surface area contributed by atoms with Crippen molar-refractivity contribution in [2.24, 2.45) is 0 Å². The maximum absolute atomic E-state index is 12.1. The van der Waals surface area contributed by atoms with Crippen molar-refractivity contribution in [1.82, 2.24) is 10.6 Å². The molecule has 1 aromatic carbocycles. The van der Waals surface area contributed by atoms with Crippen LogP contribution in [0.5, 0.6) is 5.75 Å². The van der Waals surface area contributed by atoms with Gasteiger partial charge in [0.2, 0.25) is 5.91 Å². The molecule has 124 valence electrons. The van der Waals surface area contributed by atoms with Gasteiger partial charge in [0, 0.05) is 30.6 Å². The molecule has 23 heavy (non-hydrogen) atoms. The van der Waals surface area contributed by atoms with Crippen LogP contribution in [0.15, 0.2) is 30.3 Å². The molecule has 1 aliphatic carbocycles. The summed E-state index contributed by atoms with van der Waals surface area (Å²) in [5.74, 6) is -0.0565. The molecule has 0 bridgehead atoms. The second kappa shape index (κ2) is 8.48. The molecule has 2 N–H and O–H groups in total. The summed E-state index contributed by atoms with van der Waals surface area (Å²) in [5.41, 5.74) is 0.701. The fourth-order valence-electron chi connectivity index (χ4n) is 2.91. The molecule has 5 heteroatoms. The predicted molar refractivity (Wildman–Crippen MR) is 90.0 cm³/mol. The Kier molecular flexibility index (Phi) is 6.35. The van der Waals surface area contributed by atoms with Crippen molar-refractivity contribution in [1.29, 1.82) is 0 Å². The molecule has 0 spiro atoms. The van der Waals surface area contributed by atoms with E-state index in [2.05, 4.69) is 10.6 Å². The van der Waals surface area contributed by atoms with Crippen molar-refractivity contribution in [3.8, 4) is 5.75 Å². The van der Waals surface area contributed by atoms with Crippen molar-refractivity contribution in [3.63, 3.8) is 0 Å². The minimum absolute atomic E-state index is 0.130. The maximum atomic E-state index is 12.1. The smallest absolute Gasteiger partial charge is 0.308 e. The Morgan fingerprint density at radius 2 is 1.87 bits per heavy atom. The Morgan fingerprint density at radius 3 is 2.57 bits per heavy atom. The highest BCUT2D eigenvalue weighted by Crippen LogP contribution is 2.20. The number of rotatable bonds is 5. The first kappa shape index (κ1) is 17.2. The van der Waals surface area contributed by atoms with E-state index in [1.165, 1.54) is 19.4 Å². The lowest BCUT2D eigenvalue weighted by atomic mass is 9.90. The van der Waals surface area contributed by atoms with Crippen molar-refractivity contribution >= 4 is 18.0 Å². The zero-order chi connectivity index (χ0) is 16.7. The lowest BCUT2D eigenvalue weighted by Crippen LogP contribution is -2.50. The molecule has 1 aliphatic rings. The maximum Gasteiger partial charge on any atom is 0.308 e. The molecule has 0 radical (unpaired) electrons. The standard InChI is InChI=1S/C18H24N2O3/c1-13(21)23-17-10-6-3-7-14(17)11-12-18(22)20-16-9-5-4-8-15(16)19-2/h3,6-7,10-12,15-16,19H,4-5,8-9H2,1-2H3,(H,20,22)/b12-11+. The summed E-state index contributed by atoms with van der Waals surface area (Å²) in [7, 11) is 1.93. The molecular weight excluding hydrogens is 292 g/mol. The molecule has 0 aliphatic heterocycles. The fraction of sp³-hybridized carbons (Fsp3) is 0.444. The first-order valence-electron chi connectivity index (χ1n) is 8.03. The minimum Gasteiger partial charge on any atom is -0.426 e. The Bertz CT molecular complexity index is 583. The largest absolute Gasteiger partial charge is 0.426 e. The Balaban J connectivity index is 1.99. The molecule has 0 saturated heterocycles. The minimum atomic E-state index is -0.380. The summed E-state index contributed by atoms with van der Waals surface area (Å²) in [4.78, 5) is 23.2. The number of carbonyl (C=O) groups excluding carboxylic acids is 2. The average Bonchev–Trinajstić information content (AvgIpc) is 2.54. The van der Waals surface area contributed by atoms with Gasteiger partial charge in [-0.25, -0.2) is 0 Å². The molecule has 1 amide bonds. The Labute approximate surface area is 137 Å². The van der Waals surface area contributed by atoms with Gasteiger partial charge in [0.25, 0.3) is 0 Å². The van der Waals surface area contributed by atoms with Gasteiger partial charge in [-0.1, -0.05) is 31.0 Å². The molecule has 0 heterocycles. The average molecular weight is 316 g/mol. The summed E-state index contributed by atoms with van der Waals surface area (Å²) < 4.78 is 5.13. The zero-order valence-corrected chi connectivity index (χ0v) is 13.7. The van der Waals surface area contributed by atoms with Gasteiger partial charge >= 0.3 is 5.97 Å². The Morgan fingerprint density at radius 1 is 1.17 bits per heavy atom. The molecule has 0 aromatic heterocycles. The molecule has 2 unspecified atom stereocenters. The number of amides is 1. The topological polar surface area (TPSA) is 67.4 Å². The van der Waals surface area contributed by atoms with Gasteiger partial charge in [-0.2, -0.15) is 0 Å². The second-order valence-corrected chi connectivity index (χ2v) is 5.76. The van der Waals surface area contributed by atoms with Gasteiger partial charge in [0.15, 0.2) is 0 Å². The molecule has 2 rings (SSSR count). The van der Waals surface area contributed by atoms with E-state index in [4.69, 9.17) is 4.74 Å². The SMILES string of the molecule is CNC1CCCCC1NC(=O)/C=C/c1ccccc1OC(C)=O. The van der Waals surface area contributed by atoms with Crippen molar-refractivity contribution in [2.45, 2.75) is 44.7 Å². The van der Waals surface area contributed by atoms with Crippen molar-refractivity contribution < 1.29 is 14.3 Å². The van der Waals surface area contributed by atoms with Crippen molar-refractivity contribution in [3.05, 3.63) is 35.9 Å². The van der Waals surface area contributed by atoms with Gasteiger partial charge in [-0.3, -0.25) is 9.59 Å². The first-order valence-corrected chi connectivity index (χ1v) is 8.03. The van der Waals surface area contributed by atoms with Crippen LogP contribution in [0.1, 0.15) is 38.2 Å². The summed E-state index contributed by atoms with van der Waals surface area (Å²) in [5, 5.41) is 6.32. The fourth-order valence-corrected chi connectivity index (χ4v) is 2.91. The molecule has 5 nitrogen and oxygen atoms in total. The first-order chi connectivity index (χ1) is 11.1. The third kappa shape index (κ3) is 5.21. The van der Waals surface area contributed by atoms with Crippen LogP contribution in [0.2, 0.25) is 0 Å². The van der Waals surface area contributed by atoms with E-state index in [1.54, 1.807) is 24.3 Å². The number of benzene rings is 1. The zero-order valence-electron chi connectivity index (χ0n) is 13.7. The van der Waals surface area contributed by atoms with Crippen LogP contribution in [-0.4, -0.2) is 31.0 Å². The summed E-state index contributed by atoms with van der Waals surface area (Å²) in [6.07, 6.45) is 7.58. The second-order valence-electron chi connectivity index (χ2n) is 5.76. The summed E-state index contributed by atoms with van der Waals surface area (Å²) in [6.45, 7) is 1.36. The Hall–Kier alpha value is -2.14. The van der Waals surface area contributed by atoms with Crippen LogP contribution in [0.4, 0.5) is 0 Å². The highest BCUT2D eigenvalue weighted by atomic mass is 16.5. The number of esters is 1. The van der Waals surface area contributed by atoms with E-state index in [1.807, 2.05) is 13.1 Å². The normalized spacial score (nSPS) is 21.1. The van der Waals surface area contributed by atoms with Crippen LogP contribution < -0.4 is 15.4 Å². The monoisotopic (exact) mass is 316 g/mol. The van der Waals surface area contributed by atoms with Gasteiger partial charge < -0.3 is 15.4 Å². The van der Waals surface area contributed by atoms with E-state index >= 15 is 0 Å². The number of ether oxygens (including phenoxy) is 1. The molecule has 1 aromatic rings. The predicted octanol–water partition coefficient (Wildman–Crippen LogP) is 2.27. The number of likely N-dealkylation sites (N-methyl/N-ethyl adjacent to an activating group) is 1. The van der Waals surface area contributed by atoms with E-state index < -0.39 is 0 Å². The molecule has 2 atom stereocenters. The lowest BCUT2D eigenvalue weighted by Gasteiger charge is -2.31. The number of nitrogens with one attached hydrogen (secondary N) is 2. The van der Waals surface area contributed by atoms with Gasteiger partial charge in [-0.15, -0.1) is 0 Å². The van der Waals surface area contributed by atoms with E-state index in [0.29, 0.717) is 17.4 Å². The lowest BCUT2D eigenvalue weighted by molar-refractivity contribution is -0.131. The third-order valence-corrected chi connectivity index (χ3v) is 4.05. The molecule has 1 fully saturated rings. The van der Waals surface area contributed by atoms with Crippen LogP contribution in [0.3, 0.4) is 0 Å². The summed E-state index contributed by atoms with van der Waals surface area (Å²) in [6, 6.07) is 7.62. The van der Waals surface area contributed by atoms with Crippen LogP contribution >= 0.6 is 0 Å². The van der Waals surface area contributed by atoms with Crippen LogP contribution in [0, 0.1) is 0 Å². The third-order valence-electron chi connectivity index (χ3n) is 4.05. The molecular formula is C18H24N2O3. The van der Waals surface area contributed by atoms with E-state index in [-0.39, 0.29) is 17.9 Å². The highest BCUT2D eigenvalue weighted by molar-refractivity contribution is 5.92. The van der Waals surface area contributed by atoms with E-state index in [9.17, 15) is 9.59 Å². The van der Waals surface area contributed by atoms with Crippen LogP contribution in [-0.2, 0) is 9.59 Å². The number of para-hydroxylation sites is 1. The van der Waals surface area contributed by atoms with Crippen LogP contribution in [0.25, 0.3) is 6.08 Å².